The van der Waals surface area contributed by atoms with E-state index in [2.05, 4.69) is 32.8 Å². The van der Waals surface area contributed by atoms with Crippen LogP contribution in [0.3, 0.4) is 0 Å². The molecule has 1 aromatic heterocycles. The fourth-order valence-electron chi connectivity index (χ4n) is 1.37. The minimum absolute atomic E-state index is 0.678. The monoisotopic (exact) mass is 241 g/mol. The maximum atomic E-state index is 4.96. The van der Waals surface area contributed by atoms with Gasteiger partial charge in [-0.3, -0.25) is 0 Å². The summed E-state index contributed by atoms with van der Waals surface area (Å²) in [6.45, 7) is 4.60. The van der Waals surface area contributed by atoms with Gasteiger partial charge in [-0.1, -0.05) is 6.92 Å². The SMILES string of the molecule is CCc1nc[nH]c1CNCCNC(=S)NC. The number of nitrogens with zero attached hydrogens (tertiary/aromatic N) is 1. The third kappa shape index (κ3) is 4.16. The summed E-state index contributed by atoms with van der Waals surface area (Å²) < 4.78 is 0. The van der Waals surface area contributed by atoms with Gasteiger partial charge in [-0.2, -0.15) is 0 Å². The molecule has 1 rings (SSSR count). The number of aromatic nitrogens is 2. The van der Waals surface area contributed by atoms with Crippen molar-refractivity contribution in [2.24, 2.45) is 0 Å². The second kappa shape index (κ2) is 7.19. The van der Waals surface area contributed by atoms with Gasteiger partial charge in [0.1, 0.15) is 0 Å². The summed E-state index contributed by atoms with van der Waals surface area (Å²) in [7, 11) is 1.81. The van der Waals surface area contributed by atoms with Gasteiger partial charge in [-0.25, -0.2) is 4.98 Å². The second-order valence-corrected chi connectivity index (χ2v) is 3.77. The molecule has 5 nitrogen and oxygen atoms in total. The molecule has 90 valence electrons. The van der Waals surface area contributed by atoms with Crippen molar-refractivity contribution in [3.8, 4) is 0 Å². The third-order valence-corrected chi connectivity index (χ3v) is 2.61. The normalized spacial score (nSPS) is 10.1. The first-order valence-electron chi connectivity index (χ1n) is 5.45. The number of hydrogen-bond donors (Lipinski definition) is 4. The molecule has 1 aromatic rings. The molecule has 0 fully saturated rings. The highest BCUT2D eigenvalue weighted by atomic mass is 32.1. The van der Waals surface area contributed by atoms with Gasteiger partial charge in [0.25, 0.3) is 0 Å². The van der Waals surface area contributed by atoms with Crippen LogP contribution < -0.4 is 16.0 Å². The van der Waals surface area contributed by atoms with Crippen LogP contribution in [0.1, 0.15) is 18.3 Å². The van der Waals surface area contributed by atoms with Crippen molar-refractivity contribution >= 4 is 17.3 Å². The lowest BCUT2D eigenvalue weighted by Crippen LogP contribution is -2.37. The zero-order valence-electron chi connectivity index (χ0n) is 9.76. The van der Waals surface area contributed by atoms with E-state index < -0.39 is 0 Å². The first kappa shape index (κ1) is 12.9. The Balaban J connectivity index is 2.14. The Morgan fingerprint density at radius 2 is 2.31 bits per heavy atom. The van der Waals surface area contributed by atoms with Crippen molar-refractivity contribution in [3.63, 3.8) is 0 Å². The topological polar surface area (TPSA) is 64.8 Å². The summed E-state index contributed by atoms with van der Waals surface area (Å²) in [6, 6.07) is 0. The lowest BCUT2D eigenvalue weighted by atomic mass is 10.2. The molecule has 0 amide bonds. The molecule has 0 saturated heterocycles. The molecular weight excluding hydrogens is 222 g/mol. The summed E-state index contributed by atoms with van der Waals surface area (Å²) in [5.74, 6) is 0. The molecule has 6 heteroatoms. The Hall–Kier alpha value is -1.14. The minimum atomic E-state index is 0.678. The molecular formula is C10H19N5S. The van der Waals surface area contributed by atoms with Crippen LogP contribution in [-0.2, 0) is 13.0 Å². The fourth-order valence-corrected chi connectivity index (χ4v) is 1.48. The van der Waals surface area contributed by atoms with Crippen LogP contribution in [0.5, 0.6) is 0 Å². The molecule has 1 heterocycles. The third-order valence-electron chi connectivity index (χ3n) is 2.26. The Bertz CT molecular complexity index is 323. The molecule has 0 atom stereocenters. The number of aromatic amines is 1. The van der Waals surface area contributed by atoms with Crippen molar-refractivity contribution in [2.45, 2.75) is 19.9 Å². The zero-order chi connectivity index (χ0) is 11.8. The molecule has 0 saturated carbocycles. The van der Waals surface area contributed by atoms with Crippen LogP contribution >= 0.6 is 12.2 Å². The molecule has 0 bridgehead atoms. The van der Waals surface area contributed by atoms with Gasteiger partial charge >= 0.3 is 0 Å². The van der Waals surface area contributed by atoms with E-state index in [1.54, 1.807) is 13.4 Å². The number of thiocarbonyl (C=S) groups is 1. The molecule has 16 heavy (non-hydrogen) atoms. The number of nitrogens with one attached hydrogen (secondary N) is 4. The maximum Gasteiger partial charge on any atom is 0.166 e. The average Bonchev–Trinajstić information content (AvgIpc) is 2.75. The van der Waals surface area contributed by atoms with Gasteiger partial charge in [0, 0.05) is 26.7 Å². The molecule has 0 aliphatic carbocycles. The summed E-state index contributed by atoms with van der Waals surface area (Å²) in [4.78, 5) is 7.37. The van der Waals surface area contributed by atoms with E-state index in [1.165, 1.54) is 5.69 Å². The van der Waals surface area contributed by atoms with E-state index in [0.29, 0.717) is 5.11 Å². The van der Waals surface area contributed by atoms with E-state index in [1.807, 2.05) is 0 Å². The highest BCUT2D eigenvalue weighted by molar-refractivity contribution is 7.80. The van der Waals surface area contributed by atoms with Gasteiger partial charge in [0.15, 0.2) is 5.11 Å². The van der Waals surface area contributed by atoms with E-state index in [9.17, 15) is 0 Å². The quantitative estimate of drug-likeness (QED) is 0.422. The maximum absolute atomic E-state index is 4.96. The summed E-state index contributed by atoms with van der Waals surface area (Å²) in [6.07, 6.45) is 2.70. The van der Waals surface area contributed by atoms with Crippen molar-refractivity contribution in [3.05, 3.63) is 17.7 Å². The zero-order valence-corrected chi connectivity index (χ0v) is 10.6. The van der Waals surface area contributed by atoms with Crippen LogP contribution in [0, 0.1) is 0 Å². The van der Waals surface area contributed by atoms with Gasteiger partial charge in [-0.05, 0) is 18.6 Å². The number of H-pyrrole nitrogens is 1. The largest absolute Gasteiger partial charge is 0.366 e. The van der Waals surface area contributed by atoms with Crippen molar-refractivity contribution in [1.29, 1.82) is 0 Å². The smallest absolute Gasteiger partial charge is 0.166 e. The second-order valence-electron chi connectivity index (χ2n) is 3.36. The Morgan fingerprint density at radius 3 is 3.00 bits per heavy atom. The molecule has 4 N–H and O–H groups in total. The standard InChI is InChI=1S/C10H19N5S/c1-3-8-9(15-7-14-8)6-12-4-5-13-10(16)11-2/h7,12H,3-6H2,1-2H3,(H,14,15)(H2,11,13,16). The molecule has 0 spiro atoms. The average molecular weight is 241 g/mol. The number of hydrogen-bond acceptors (Lipinski definition) is 3. The molecule has 0 radical (unpaired) electrons. The predicted molar refractivity (Wildman–Crippen MR) is 69.3 cm³/mol. The lowest BCUT2D eigenvalue weighted by molar-refractivity contribution is 0.658. The van der Waals surface area contributed by atoms with E-state index in [-0.39, 0.29) is 0 Å². The highest BCUT2D eigenvalue weighted by Crippen LogP contribution is 2.01. The van der Waals surface area contributed by atoms with Crippen LogP contribution in [0.2, 0.25) is 0 Å². The molecule has 0 aliphatic rings. The van der Waals surface area contributed by atoms with Crippen molar-refractivity contribution in [1.82, 2.24) is 25.9 Å². The molecule has 0 aromatic carbocycles. The number of rotatable bonds is 6. The first-order chi connectivity index (χ1) is 7.77. The summed E-state index contributed by atoms with van der Waals surface area (Å²) in [5.41, 5.74) is 2.30. The van der Waals surface area contributed by atoms with Crippen molar-refractivity contribution in [2.75, 3.05) is 20.1 Å². The number of aryl methyl sites for hydroxylation is 1. The molecule has 0 aliphatic heterocycles. The highest BCUT2D eigenvalue weighted by Gasteiger charge is 2.01. The first-order valence-corrected chi connectivity index (χ1v) is 5.86. The minimum Gasteiger partial charge on any atom is -0.366 e. The van der Waals surface area contributed by atoms with E-state index >= 15 is 0 Å². The Labute approximate surface area is 101 Å². The summed E-state index contributed by atoms with van der Waals surface area (Å²) in [5, 5.41) is 9.94. The Morgan fingerprint density at radius 1 is 1.50 bits per heavy atom. The van der Waals surface area contributed by atoms with Crippen LogP contribution in [0.4, 0.5) is 0 Å². The van der Waals surface area contributed by atoms with E-state index in [4.69, 9.17) is 12.2 Å². The van der Waals surface area contributed by atoms with Gasteiger partial charge in [-0.15, -0.1) is 0 Å². The summed E-state index contributed by atoms with van der Waals surface area (Å²) >= 11 is 4.96. The van der Waals surface area contributed by atoms with Crippen LogP contribution in [0.15, 0.2) is 6.33 Å². The van der Waals surface area contributed by atoms with Crippen LogP contribution in [-0.4, -0.2) is 35.2 Å². The van der Waals surface area contributed by atoms with E-state index in [0.717, 1.165) is 31.7 Å². The van der Waals surface area contributed by atoms with Gasteiger partial charge in [0.05, 0.1) is 17.7 Å². The molecule has 0 unspecified atom stereocenters. The fraction of sp³-hybridized carbons (Fsp3) is 0.600. The van der Waals surface area contributed by atoms with Crippen molar-refractivity contribution < 1.29 is 0 Å². The van der Waals surface area contributed by atoms with Crippen LogP contribution in [0.25, 0.3) is 0 Å². The van der Waals surface area contributed by atoms with Gasteiger partial charge < -0.3 is 20.9 Å². The number of imidazole rings is 1. The van der Waals surface area contributed by atoms with Gasteiger partial charge in [0.2, 0.25) is 0 Å². The lowest BCUT2D eigenvalue weighted by Gasteiger charge is -2.07. The Kier molecular flexibility index (Phi) is 5.81. The predicted octanol–water partition coefficient (Wildman–Crippen LogP) is 0.156.